The number of nitrogens with one attached hydrogen (secondary N) is 1. The van der Waals surface area contributed by atoms with Crippen LogP contribution in [0.3, 0.4) is 0 Å². The summed E-state index contributed by atoms with van der Waals surface area (Å²) in [5.74, 6) is 1.88. The summed E-state index contributed by atoms with van der Waals surface area (Å²) >= 11 is 5.10. The van der Waals surface area contributed by atoms with E-state index >= 15 is 0 Å². The summed E-state index contributed by atoms with van der Waals surface area (Å²) in [4.78, 5) is 4.48. The number of hydrogen-bond donors (Lipinski definition) is 2. The number of oxazole rings is 1. The molecule has 6 nitrogen and oxygen atoms in total. The molecule has 1 unspecified atom stereocenters. The summed E-state index contributed by atoms with van der Waals surface area (Å²) in [5.41, 5.74) is 8.22. The topological polar surface area (TPSA) is 89.9 Å². The number of nitrogens with two attached hydrogens (primary N) is 1. The lowest BCUT2D eigenvalue weighted by molar-refractivity contribution is 0.453. The quantitative estimate of drug-likeness (QED) is 0.834. The number of nitrogens with zero attached hydrogens (tertiary/aromatic N) is 3. The second kappa shape index (κ2) is 5.54. The molecular weight excluding hydrogens is 274 g/mol. The molecule has 7 heteroatoms. The fraction of sp³-hybridized carbons (Fsp3) is 0.385. The second-order valence-corrected chi connectivity index (χ2v) is 5.11. The minimum absolute atomic E-state index is 0.159. The van der Waals surface area contributed by atoms with E-state index in [1.807, 2.05) is 27.7 Å². The Morgan fingerprint density at radius 3 is 2.60 bits per heavy atom. The molecule has 0 fully saturated rings. The Balaban J connectivity index is 2.34. The van der Waals surface area contributed by atoms with Crippen LogP contribution in [-0.2, 0) is 0 Å². The third-order valence-electron chi connectivity index (χ3n) is 3.06. The van der Waals surface area contributed by atoms with Crippen LogP contribution in [0.25, 0.3) is 0 Å². The molecule has 1 atom stereocenters. The lowest BCUT2D eigenvalue weighted by Crippen LogP contribution is -2.19. The number of anilines is 1. The summed E-state index contributed by atoms with van der Waals surface area (Å²) in [6, 6.07) is -0.159. The molecule has 2 rings (SSSR count). The third kappa shape index (κ3) is 2.77. The molecule has 0 aliphatic rings. The van der Waals surface area contributed by atoms with Crippen LogP contribution in [0.1, 0.15) is 41.4 Å². The molecular formula is C13H17N5OS. The van der Waals surface area contributed by atoms with Crippen molar-refractivity contribution in [3.05, 3.63) is 34.7 Å². The van der Waals surface area contributed by atoms with E-state index in [1.165, 1.54) is 0 Å². The number of aromatic nitrogens is 3. The van der Waals surface area contributed by atoms with Crippen LogP contribution in [0.4, 0.5) is 5.82 Å². The van der Waals surface area contributed by atoms with Crippen molar-refractivity contribution in [2.75, 3.05) is 5.32 Å². The van der Waals surface area contributed by atoms with Gasteiger partial charge in [0.25, 0.3) is 0 Å². The average Bonchev–Trinajstić information content (AvgIpc) is 2.80. The lowest BCUT2D eigenvalue weighted by Gasteiger charge is -2.16. The van der Waals surface area contributed by atoms with Gasteiger partial charge in [0.05, 0.1) is 17.5 Å². The van der Waals surface area contributed by atoms with E-state index < -0.39 is 0 Å². The van der Waals surface area contributed by atoms with Gasteiger partial charge in [0.15, 0.2) is 5.82 Å². The Kier molecular flexibility index (Phi) is 3.99. The van der Waals surface area contributed by atoms with Gasteiger partial charge in [-0.15, -0.1) is 5.10 Å². The Hall–Kier alpha value is -2.02. The normalized spacial score (nSPS) is 12.2. The predicted octanol–water partition coefficient (Wildman–Crippen LogP) is 2.20. The Morgan fingerprint density at radius 1 is 1.35 bits per heavy atom. The zero-order valence-corrected chi connectivity index (χ0v) is 12.7. The van der Waals surface area contributed by atoms with E-state index in [2.05, 4.69) is 20.5 Å². The highest BCUT2D eigenvalue weighted by molar-refractivity contribution is 7.80. The van der Waals surface area contributed by atoms with Gasteiger partial charge in [-0.05, 0) is 33.3 Å². The highest BCUT2D eigenvalue weighted by atomic mass is 32.1. The average molecular weight is 291 g/mol. The first kappa shape index (κ1) is 14.4. The van der Waals surface area contributed by atoms with Gasteiger partial charge in [0, 0.05) is 0 Å². The summed E-state index contributed by atoms with van der Waals surface area (Å²) in [6.07, 6.45) is 1.67. The van der Waals surface area contributed by atoms with Crippen molar-refractivity contribution in [3.63, 3.8) is 0 Å². The molecule has 106 valence electrons. The fourth-order valence-electron chi connectivity index (χ4n) is 1.85. The van der Waals surface area contributed by atoms with Crippen LogP contribution in [0, 0.1) is 20.8 Å². The van der Waals surface area contributed by atoms with Gasteiger partial charge < -0.3 is 15.5 Å². The zero-order chi connectivity index (χ0) is 14.9. The second-order valence-electron chi connectivity index (χ2n) is 4.67. The molecule has 0 aliphatic heterocycles. The molecule has 0 spiro atoms. The van der Waals surface area contributed by atoms with Crippen LogP contribution in [0.2, 0.25) is 0 Å². The van der Waals surface area contributed by atoms with Crippen LogP contribution < -0.4 is 11.1 Å². The van der Waals surface area contributed by atoms with Gasteiger partial charge in [-0.3, -0.25) is 0 Å². The summed E-state index contributed by atoms with van der Waals surface area (Å²) in [6.45, 7) is 7.56. The predicted molar refractivity (Wildman–Crippen MR) is 80.7 cm³/mol. The summed E-state index contributed by atoms with van der Waals surface area (Å²) in [7, 11) is 0. The van der Waals surface area contributed by atoms with Crippen molar-refractivity contribution in [1.82, 2.24) is 15.2 Å². The van der Waals surface area contributed by atoms with Crippen molar-refractivity contribution in [2.45, 2.75) is 33.7 Å². The number of rotatable bonds is 4. The van der Waals surface area contributed by atoms with Gasteiger partial charge >= 0.3 is 0 Å². The van der Waals surface area contributed by atoms with Crippen LogP contribution in [-0.4, -0.2) is 20.2 Å². The first-order chi connectivity index (χ1) is 9.40. The molecule has 0 amide bonds. The van der Waals surface area contributed by atoms with E-state index in [9.17, 15) is 0 Å². The van der Waals surface area contributed by atoms with Gasteiger partial charge in [0.2, 0.25) is 5.89 Å². The van der Waals surface area contributed by atoms with Gasteiger partial charge in [-0.1, -0.05) is 12.2 Å². The first-order valence-electron chi connectivity index (χ1n) is 6.22. The molecule has 0 saturated carbocycles. The Labute approximate surface area is 122 Å². The third-order valence-corrected chi connectivity index (χ3v) is 3.27. The van der Waals surface area contributed by atoms with Crippen LogP contribution >= 0.6 is 12.2 Å². The van der Waals surface area contributed by atoms with E-state index in [4.69, 9.17) is 22.4 Å². The molecule has 3 N–H and O–H groups in total. The molecule has 0 aliphatic carbocycles. The van der Waals surface area contributed by atoms with Gasteiger partial charge in [0.1, 0.15) is 16.8 Å². The highest BCUT2D eigenvalue weighted by Crippen LogP contribution is 2.23. The van der Waals surface area contributed by atoms with Crippen LogP contribution in [0.15, 0.2) is 10.6 Å². The molecule has 2 heterocycles. The maximum atomic E-state index is 5.79. The number of thiocarbonyl (C=S) groups is 1. The minimum atomic E-state index is -0.159. The fourth-order valence-corrected chi connectivity index (χ4v) is 2.10. The van der Waals surface area contributed by atoms with E-state index in [0.717, 1.165) is 17.0 Å². The summed E-state index contributed by atoms with van der Waals surface area (Å²) in [5, 5.41) is 11.4. The maximum Gasteiger partial charge on any atom is 0.216 e. The summed E-state index contributed by atoms with van der Waals surface area (Å²) < 4.78 is 5.49. The Bertz CT molecular complexity index is 652. The number of hydrogen-bond acceptors (Lipinski definition) is 6. The first-order valence-corrected chi connectivity index (χ1v) is 6.63. The molecule has 0 saturated heterocycles. The minimum Gasteiger partial charge on any atom is -0.444 e. The van der Waals surface area contributed by atoms with Crippen molar-refractivity contribution >= 4 is 23.0 Å². The van der Waals surface area contributed by atoms with Crippen molar-refractivity contribution in [2.24, 2.45) is 5.73 Å². The van der Waals surface area contributed by atoms with E-state index in [1.54, 1.807) is 6.20 Å². The molecule has 20 heavy (non-hydrogen) atoms. The molecule has 2 aromatic heterocycles. The zero-order valence-electron chi connectivity index (χ0n) is 11.9. The SMILES string of the molecule is Cc1cnc(C(C)Nc2nnc(C)c(C)c2C(N)=S)o1. The van der Waals surface area contributed by atoms with Crippen molar-refractivity contribution < 1.29 is 4.42 Å². The smallest absolute Gasteiger partial charge is 0.216 e. The van der Waals surface area contributed by atoms with Gasteiger partial charge in [-0.2, -0.15) is 5.10 Å². The standard InChI is InChI=1S/C13H17N5OS/c1-6-5-15-13(19-6)9(4)16-12-10(11(14)20)7(2)8(3)17-18-12/h5,9H,1-4H3,(H2,14,20)(H,16,18). The van der Waals surface area contributed by atoms with Crippen molar-refractivity contribution in [3.8, 4) is 0 Å². The molecule has 2 aromatic rings. The largest absolute Gasteiger partial charge is 0.444 e. The number of aryl methyl sites for hydroxylation is 2. The molecule has 0 radical (unpaired) electrons. The van der Waals surface area contributed by atoms with Crippen molar-refractivity contribution in [1.29, 1.82) is 0 Å². The maximum absolute atomic E-state index is 5.79. The highest BCUT2D eigenvalue weighted by Gasteiger charge is 2.18. The lowest BCUT2D eigenvalue weighted by atomic mass is 10.1. The Morgan fingerprint density at radius 2 is 2.05 bits per heavy atom. The molecule has 0 aromatic carbocycles. The monoisotopic (exact) mass is 291 g/mol. The van der Waals surface area contributed by atoms with E-state index in [-0.39, 0.29) is 6.04 Å². The van der Waals surface area contributed by atoms with E-state index in [0.29, 0.717) is 22.3 Å². The van der Waals surface area contributed by atoms with Gasteiger partial charge in [-0.25, -0.2) is 4.98 Å². The van der Waals surface area contributed by atoms with Crippen LogP contribution in [0.5, 0.6) is 0 Å². The molecule has 0 bridgehead atoms.